The van der Waals surface area contributed by atoms with Crippen LogP contribution >= 0.6 is 0 Å². The Labute approximate surface area is 188 Å². The van der Waals surface area contributed by atoms with E-state index in [-0.39, 0.29) is 23.3 Å². The molecule has 1 saturated heterocycles. The molecule has 2 aliphatic rings. The van der Waals surface area contributed by atoms with Gasteiger partial charge in [0.15, 0.2) is 5.03 Å². The second-order valence-corrected chi connectivity index (χ2v) is 10.6. The largest absolute Gasteiger partial charge is 0.339 e. The monoisotopic (exact) mass is 454 g/mol. The van der Waals surface area contributed by atoms with Gasteiger partial charge in [0.1, 0.15) is 5.82 Å². The molecule has 8 heteroatoms. The second-order valence-electron chi connectivity index (χ2n) is 8.84. The number of nitrogens with one attached hydrogen (secondary N) is 1. The van der Waals surface area contributed by atoms with Crippen LogP contribution in [0.3, 0.4) is 0 Å². The molecular formula is C24H27FN4O2S. The van der Waals surface area contributed by atoms with Gasteiger partial charge in [0.05, 0.1) is 6.33 Å². The lowest BCUT2D eigenvalue weighted by Gasteiger charge is -2.39. The average molecular weight is 455 g/mol. The molecule has 0 saturated carbocycles. The molecule has 1 fully saturated rings. The van der Waals surface area contributed by atoms with Crippen LogP contribution in [0.5, 0.6) is 0 Å². The molecule has 1 aliphatic carbocycles. The van der Waals surface area contributed by atoms with Crippen LogP contribution in [-0.4, -0.2) is 42.0 Å². The van der Waals surface area contributed by atoms with E-state index in [0.29, 0.717) is 6.04 Å². The number of imidazole rings is 1. The van der Waals surface area contributed by atoms with E-state index < -0.39 is 10.0 Å². The lowest BCUT2D eigenvalue weighted by molar-refractivity contribution is 0.106. The van der Waals surface area contributed by atoms with Gasteiger partial charge in [-0.2, -0.15) is 0 Å². The Kier molecular flexibility index (Phi) is 5.61. The SMILES string of the molecule is Cn1cnc(S(=O)(=O)NCc2ccc3c(c2)C(Cc2cccc(F)c2)C(N2CCC2)C3)c1. The van der Waals surface area contributed by atoms with Gasteiger partial charge in [0.2, 0.25) is 0 Å². The summed E-state index contributed by atoms with van der Waals surface area (Å²) in [5.41, 5.74) is 4.46. The van der Waals surface area contributed by atoms with Crippen molar-refractivity contribution in [3.05, 3.63) is 83.1 Å². The van der Waals surface area contributed by atoms with E-state index in [1.165, 1.54) is 36.1 Å². The Morgan fingerprint density at radius 2 is 2.00 bits per heavy atom. The van der Waals surface area contributed by atoms with E-state index >= 15 is 0 Å². The van der Waals surface area contributed by atoms with Gasteiger partial charge in [-0.1, -0.05) is 30.3 Å². The van der Waals surface area contributed by atoms with Crippen molar-refractivity contribution in [2.45, 2.75) is 42.8 Å². The highest BCUT2D eigenvalue weighted by Gasteiger charge is 2.38. The fourth-order valence-corrected chi connectivity index (χ4v) is 5.86. The summed E-state index contributed by atoms with van der Waals surface area (Å²) in [6, 6.07) is 13.5. The quantitative estimate of drug-likeness (QED) is 0.596. The summed E-state index contributed by atoms with van der Waals surface area (Å²) < 4.78 is 43.2. The molecule has 0 spiro atoms. The highest BCUT2D eigenvalue weighted by molar-refractivity contribution is 7.89. The molecule has 32 heavy (non-hydrogen) atoms. The number of rotatable bonds is 7. The first kappa shape index (κ1) is 21.3. The molecule has 6 nitrogen and oxygen atoms in total. The van der Waals surface area contributed by atoms with Crippen molar-refractivity contribution >= 4 is 10.0 Å². The summed E-state index contributed by atoms with van der Waals surface area (Å²) in [6.45, 7) is 2.41. The molecule has 2 atom stereocenters. The van der Waals surface area contributed by atoms with Gasteiger partial charge in [-0.05, 0) is 66.7 Å². The van der Waals surface area contributed by atoms with Crippen LogP contribution in [0.15, 0.2) is 60.0 Å². The van der Waals surface area contributed by atoms with Gasteiger partial charge in [-0.3, -0.25) is 4.90 Å². The van der Waals surface area contributed by atoms with Crippen LogP contribution < -0.4 is 4.72 Å². The number of halogens is 1. The van der Waals surface area contributed by atoms with E-state index in [1.54, 1.807) is 23.7 Å². The van der Waals surface area contributed by atoms with Gasteiger partial charge >= 0.3 is 0 Å². The molecule has 1 aliphatic heterocycles. The first-order chi connectivity index (χ1) is 15.4. The molecule has 2 aromatic carbocycles. The van der Waals surface area contributed by atoms with Crippen molar-refractivity contribution in [1.82, 2.24) is 19.2 Å². The molecular weight excluding hydrogens is 427 g/mol. The number of fused-ring (bicyclic) bond motifs is 1. The molecule has 0 radical (unpaired) electrons. The number of benzene rings is 2. The Morgan fingerprint density at radius 3 is 2.69 bits per heavy atom. The Bertz CT molecular complexity index is 1240. The third-order valence-corrected chi connectivity index (χ3v) is 7.92. The smallest absolute Gasteiger partial charge is 0.259 e. The molecule has 0 amide bonds. The van der Waals surface area contributed by atoms with Gasteiger partial charge < -0.3 is 4.57 Å². The molecule has 2 unspecified atom stereocenters. The van der Waals surface area contributed by atoms with Gasteiger partial charge in [0.25, 0.3) is 10.0 Å². The first-order valence-corrected chi connectivity index (χ1v) is 12.5. The maximum atomic E-state index is 13.8. The molecule has 3 aromatic rings. The summed E-state index contributed by atoms with van der Waals surface area (Å²) in [4.78, 5) is 6.47. The van der Waals surface area contributed by atoms with Crippen LogP contribution in [0.4, 0.5) is 4.39 Å². The van der Waals surface area contributed by atoms with E-state index in [2.05, 4.69) is 26.7 Å². The number of hydrogen-bond donors (Lipinski definition) is 1. The van der Waals surface area contributed by atoms with Crippen molar-refractivity contribution < 1.29 is 12.8 Å². The zero-order valence-electron chi connectivity index (χ0n) is 18.0. The van der Waals surface area contributed by atoms with E-state index in [0.717, 1.165) is 37.1 Å². The fraction of sp³-hybridized carbons (Fsp3) is 0.375. The zero-order chi connectivity index (χ0) is 22.3. The lowest BCUT2D eigenvalue weighted by Crippen LogP contribution is -2.47. The maximum absolute atomic E-state index is 13.8. The zero-order valence-corrected chi connectivity index (χ0v) is 18.9. The predicted octanol–water partition coefficient (Wildman–Crippen LogP) is 2.99. The average Bonchev–Trinajstić information content (AvgIpc) is 3.30. The molecule has 2 heterocycles. The second kappa shape index (κ2) is 8.42. The summed E-state index contributed by atoms with van der Waals surface area (Å²) >= 11 is 0. The van der Waals surface area contributed by atoms with Crippen LogP contribution in [-0.2, 0) is 36.5 Å². The predicted molar refractivity (Wildman–Crippen MR) is 120 cm³/mol. The Morgan fingerprint density at radius 1 is 1.16 bits per heavy atom. The number of hydrogen-bond acceptors (Lipinski definition) is 4. The summed E-state index contributed by atoms with van der Waals surface area (Å²) in [5.74, 6) is 0.0540. The minimum atomic E-state index is -3.67. The summed E-state index contributed by atoms with van der Waals surface area (Å²) in [7, 11) is -1.93. The van der Waals surface area contributed by atoms with Crippen molar-refractivity contribution in [2.75, 3.05) is 13.1 Å². The normalized spacial score (nSPS) is 20.8. The number of sulfonamides is 1. The Balaban J connectivity index is 1.38. The fourth-order valence-electron chi connectivity index (χ4n) is 4.86. The molecule has 0 bridgehead atoms. The lowest BCUT2D eigenvalue weighted by atomic mass is 9.88. The Hall–Kier alpha value is -2.55. The number of likely N-dealkylation sites (tertiary alicyclic amines) is 1. The first-order valence-electron chi connectivity index (χ1n) is 11.0. The van der Waals surface area contributed by atoms with Gasteiger partial charge in [-0.15, -0.1) is 0 Å². The molecule has 1 N–H and O–H groups in total. The topological polar surface area (TPSA) is 67.2 Å². The van der Waals surface area contributed by atoms with Crippen molar-refractivity contribution in [3.63, 3.8) is 0 Å². The van der Waals surface area contributed by atoms with E-state index in [4.69, 9.17) is 0 Å². The number of aryl methyl sites for hydroxylation is 1. The number of nitrogens with zero attached hydrogens (tertiary/aromatic N) is 3. The van der Waals surface area contributed by atoms with Crippen LogP contribution in [0.25, 0.3) is 0 Å². The van der Waals surface area contributed by atoms with Crippen molar-refractivity contribution in [2.24, 2.45) is 7.05 Å². The van der Waals surface area contributed by atoms with Crippen LogP contribution in [0, 0.1) is 5.82 Å². The van der Waals surface area contributed by atoms with Crippen LogP contribution in [0.1, 0.15) is 34.6 Å². The summed E-state index contributed by atoms with van der Waals surface area (Å²) in [5, 5.41) is 0.0167. The van der Waals surface area contributed by atoms with Crippen molar-refractivity contribution in [3.8, 4) is 0 Å². The number of aromatic nitrogens is 2. The van der Waals surface area contributed by atoms with E-state index in [1.807, 2.05) is 12.1 Å². The molecule has 1 aromatic heterocycles. The minimum Gasteiger partial charge on any atom is -0.339 e. The van der Waals surface area contributed by atoms with E-state index in [9.17, 15) is 12.8 Å². The highest BCUT2D eigenvalue weighted by Crippen LogP contribution is 2.40. The highest BCUT2D eigenvalue weighted by atomic mass is 32.2. The molecule has 5 rings (SSSR count). The maximum Gasteiger partial charge on any atom is 0.259 e. The standard InChI is InChI=1S/C24H27FN4O2S/c1-28-15-24(26-16-28)32(30,31)27-14-18-6-7-19-13-23(29-8-3-9-29)22(21(19)12-18)11-17-4-2-5-20(25)10-17/h2,4-7,10,12,15-16,22-23,27H,3,8-9,11,13-14H2,1H3. The van der Waals surface area contributed by atoms with Gasteiger partial charge in [0, 0.05) is 31.7 Å². The third-order valence-electron chi connectivity index (χ3n) is 6.63. The van der Waals surface area contributed by atoms with Crippen molar-refractivity contribution in [1.29, 1.82) is 0 Å². The minimum absolute atomic E-state index is 0.0167. The summed E-state index contributed by atoms with van der Waals surface area (Å²) in [6.07, 6.45) is 5.93. The molecule has 168 valence electrons. The van der Waals surface area contributed by atoms with Crippen LogP contribution in [0.2, 0.25) is 0 Å². The third kappa shape index (κ3) is 4.22. The van der Waals surface area contributed by atoms with Gasteiger partial charge in [-0.25, -0.2) is 22.5 Å².